The summed E-state index contributed by atoms with van der Waals surface area (Å²) in [6.07, 6.45) is 0. The molecular formula is C17H16ClF2NO2S. The van der Waals surface area contributed by atoms with Gasteiger partial charge in [0.25, 0.3) is 0 Å². The van der Waals surface area contributed by atoms with Crippen LogP contribution in [0.1, 0.15) is 6.92 Å². The maximum atomic E-state index is 13.1. The van der Waals surface area contributed by atoms with Crippen molar-refractivity contribution in [2.24, 2.45) is 0 Å². The minimum Gasteiger partial charge on any atom is -0.493 e. The lowest BCUT2D eigenvalue weighted by atomic mass is 10.3. The molecule has 0 saturated carbocycles. The van der Waals surface area contributed by atoms with Crippen LogP contribution in [0.5, 0.6) is 5.75 Å². The molecule has 0 heterocycles. The van der Waals surface area contributed by atoms with E-state index in [1.54, 1.807) is 31.2 Å². The molecule has 0 aliphatic rings. The molecule has 0 saturated heterocycles. The number of carbonyl (C=O) groups is 1. The molecule has 0 fully saturated rings. The van der Waals surface area contributed by atoms with Crippen molar-refractivity contribution in [1.82, 2.24) is 0 Å². The molecule has 0 aromatic heterocycles. The van der Waals surface area contributed by atoms with Crippen LogP contribution in [-0.4, -0.2) is 23.5 Å². The van der Waals surface area contributed by atoms with Gasteiger partial charge in [-0.1, -0.05) is 11.6 Å². The van der Waals surface area contributed by atoms with Gasteiger partial charge in [-0.3, -0.25) is 4.79 Å². The highest BCUT2D eigenvalue weighted by molar-refractivity contribution is 8.00. The molecule has 0 bridgehead atoms. The van der Waals surface area contributed by atoms with Crippen LogP contribution < -0.4 is 10.1 Å². The number of ether oxygens (including phenoxy) is 1. The molecule has 24 heavy (non-hydrogen) atoms. The summed E-state index contributed by atoms with van der Waals surface area (Å²) in [6, 6.07) is 10.3. The summed E-state index contributed by atoms with van der Waals surface area (Å²) >= 11 is 7.19. The lowest BCUT2D eigenvalue weighted by molar-refractivity contribution is -0.115. The zero-order valence-electron chi connectivity index (χ0n) is 12.9. The lowest BCUT2D eigenvalue weighted by Gasteiger charge is -2.12. The van der Waals surface area contributed by atoms with Crippen LogP contribution in [-0.2, 0) is 4.79 Å². The predicted molar refractivity (Wildman–Crippen MR) is 93.9 cm³/mol. The molecule has 1 amide bonds. The number of benzene rings is 2. The van der Waals surface area contributed by atoms with Gasteiger partial charge in [-0.05, 0) is 43.3 Å². The third kappa shape index (κ3) is 5.69. The first-order valence-electron chi connectivity index (χ1n) is 7.21. The number of hydrogen-bond acceptors (Lipinski definition) is 3. The van der Waals surface area contributed by atoms with Gasteiger partial charge in [0.2, 0.25) is 5.91 Å². The van der Waals surface area contributed by atoms with Gasteiger partial charge in [-0.2, -0.15) is 0 Å². The summed E-state index contributed by atoms with van der Waals surface area (Å²) < 4.78 is 31.5. The highest BCUT2D eigenvalue weighted by Gasteiger charge is 2.14. The number of hydrogen-bond donors (Lipinski definition) is 1. The Hall–Kier alpha value is -1.79. The molecule has 0 aliphatic carbocycles. The molecule has 2 aromatic carbocycles. The van der Waals surface area contributed by atoms with Crippen LogP contribution in [0, 0.1) is 11.6 Å². The summed E-state index contributed by atoms with van der Waals surface area (Å²) in [4.78, 5) is 12.0. The Bertz CT molecular complexity index is 697. The fraction of sp³-hybridized carbons (Fsp3) is 0.235. The van der Waals surface area contributed by atoms with Crippen molar-refractivity contribution in [3.8, 4) is 5.75 Å². The van der Waals surface area contributed by atoms with Gasteiger partial charge in [0, 0.05) is 22.5 Å². The second-order valence-electron chi connectivity index (χ2n) is 4.93. The summed E-state index contributed by atoms with van der Waals surface area (Å²) in [7, 11) is 0. The van der Waals surface area contributed by atoms with E-state index in [2.05, 4.69) is 5.32 Å². The van der Waals surface area contributed by atoms with Gasteiger partial charge in [-0.25, -0.2) is 8.78 Å². The summed E-state index contributed by atoms with van der Waals surface area (Å²) in [5, 5.41) is 2.84. The first-order chi connectivity index (χ1) is 11.5. The second-order valence-corrected chi connectivity index (χ2v) is 6.82. The number of anilines is 1. The zero-order chi connectivity index (χ0) is 17.5. The Balaban J connectivity index is 1.73. The highest BCUT2D eigenvalue weighted by atomic mass is 35.5. The Morgan fingerprint density at radius 2 is 1.92 bits per heavy atom. The zero-order valence-corrected chi connectivity index (χ0v) is 14.5. The first kappa shape index (κ1) is 18.5. The molecule has 1 N–H and O–H groups in total. The van der Waals surface area contributed by atoms with E-state index in [0.717, 1.165) is 12.1 Å². The van der Waals surface area contributed by atoms with Crippen molar-refractivity contribution >= 4 is 35.0 Å². The maximum Gasteiger partial charge on any atom is 0.237 e. The lowest BCUT2D eigenvalue weighted by Crippen LogP contribution is -2.23. The van der Waals surface area contributed by atoms with E-state index < -0.39 is 11.6 Å². The molecule has 7 heteroatoms. The van der Waals surface area contributed by atoms with Gasteiger partial charge in [0.05, 0.1) is 11.9 Å². The second kappa shape index (κ2) is 8.89. The Morgan fingerprint density at radius 3 is 2.58 bits per heavy atom. The van der Waals surface area contributed by atoms with Crippen LogP contribution in [0.3, 0.4) is 0 Å². The van der Waals surface area contributed by atoms with E-state index in [1.165, 1.54) is 17.8 Å². The number of carbonyl (C=O) groups excluding carboxylic acids is 1. The third-order valence-corrected chi connectivity index (χ3v) is 4.46. The molecule has 2 rings (SSSR count). The normalized spacial score (nSPS) is 11.8. The number of amides is 1. The van der Waals surface area contributed by atoms with E-state index >= 15 is 0 Å². The van der Waals surface area contributed by atoms with Gasteiger partial charge in [0.15, 0.2) is 11.6 Å². The molecule has 3 nitrogen and oxygen atoms in total. The van der Waals surface area contributed by atoms with Crippen LogP contribution in [0.2, 0.25) is 5.02 Å². The molecule has 0 aliphatic heterocycles. The van der Waals surface area contributed by atoms with Gasteiger partial charge >= 0.3 is 0 Å². The smallest absolute Gasteiger partial charge is 0.237 e. The van der Waals surface area contributed by atoms with E-state index in [4.69, 9.17) is 16.3 Å². The minimum absolute atomic E-state index is 0.226. The molecule has 0 spiro atoms. The summed E-state index contributed by atoms with van der Waals surface area (Å²) in [5.41, 5.74) is 0.226. The third-order valence-electron chi connectivity index (χ3n) is 3.09. The number of thioether (sulfide) groups is 1. The molecule has 128 valence electrons. The van der Waals surface area contributed by atoms with Crippen molar-refractivity contribution < 1.29 is 18.3 Å². The van der Waals surface area contributed by atoms with Crippen molar-refractivity contribution in [2.45, 2.75) is 12.2 Å². The van der Waals surface area contributed by atoms with Crippen LogP contribution in [0.15, 0.2) is 42.5 Å². The van der Waals surface area contributed by atoms with Crippen molar-refractivity contribution in [3.63, 3.8) is 0 Å². The number of nitrogens with one attached hydrogen (secondary N) is 1. The van der Waals surface area contributed by atoms with Crippen LogP contribution in [0.4, 0.5) is 14.5 Å². The summed E-state index contributed by atoms with van der Waals surface area (Å²) in [6.45, 7) is 2.18. The van der Waals surface area contributed by atoms with Crippen molar-refractivity contribution in [2.75, 3.05) is 17.7 Å². The standard InChI is InChI=1S/C17H16ClF2NO2S/c1-11(17(22)21-13-4-7-15(19)16(20)10-13)24-9-8-23-14-5-2-12(18)3-6-14/h2-7,10-11H,8-9H2,1H3,(H,21,22). The molecule has 0 radical (unpaired) electrons. The topological polar surface area (TPSA) is 38.3 Å². The largest absolute Gasteiger partial charge is 0.493 e. The molecular weight excluding hydrogens is 356 g/mol. The fourth-order valence-corrected chi connectivity index (χ4v) is 2.68. The SMILES string of the molecule is CC(SCCOc1ccc(Cl)cc1)C(=O)Nc1ccc(F)c(F)c1. The highest BCUT2D eigenvalue weighted by Crippen LogP contribution is 2.18. The van der Waals surface area contributed by atoms with E-state index in [1.807, 2.05) is 0 Å². The van der Waals surface area contributed by atoms with Gasteiger partial charge < -0.3 is 10.1 Å². The number of halogens is 3. The Labute approximate surface area is 148 Å². The maximum absolute atomic E-state index is 13.1. The molecule has 1 atom stereocenters. The Morgan fingerprint density at radius 1 is 1.21 bits per heavy atom. The molecule has 2 aromatic rings. The predicted octanol–water partition coefficient (Wildman–Crippen LogP) is 4.76. The molecule has 1 unspecified atom stereocenters. The van der Waals surface area contributed by atoms with E-state index in [9.17, 15) is 13.6 Å². The monoisotopic (exact) mass is 371 g/mol. The number of rotatable bonds is 7. The first-order valence-corrected chi connectivity index (χ1v) is 8.64. The van der Waals surface area contributed by atoms with Gasteiger partial charge in [0.1, 0.15) is 5.75 Å². The van der Waals surface area contributed by atoms with Gasteiger partial charge in [-0.15, -0.1) is 11.8 Å². The van der Waals surface area contributed by atoms with Crippen molar-refractivity contribution in [3.05, 3.63) is 59.1 Å². The van der Waals surface area contributed by atoms with E-state index in [0.29, 0.717) is 23.1 Å². The Kier molecular flexibility index (Phi) is 6.87. The minimum atomic E-state index is -0.996. The van der Waals surface area contributed by atoms with Crippen molar-refractivity contribution in [1.29, 1.82) is 0 Å². The van der Waals surface area contributed by atoms with E-state index in [-0.39, 0.29) is 16.8 Å². The van der Waals surface area contributed by atoms with Crippen LogP contribution in [0.25, 0.3) is 0 Å². The average Bonchev–Trinajstić information content (AvgIpc) is 2.56. The average molecular weight is 372 g/mol. The van der Waals surface area contributed by atoms with Crippen LogP contribution >= 0.6 is 23.4 Å². The summed E-state index contributed by atoms with van der Waals surface area (Å²) in [5.74, 6) is -0.912. The quantitative estimate of drug-likeness (QED) is 0.713. The fourth-order valence-electron chi connectivity index (χ4n) is 1.81.